The van der Waals surface area contributed by atoms with Crippen LogP contribution in [0.15, 0.2) is 36.4 Å². The lowest BCUT2D eigenvalue weighted by molar-refractivity contribution is -0.143. The van der Waals surface area contributed by atoms with Gasteiger partial charge in [-0.05, 0) is 50.5 Å². The molecule has 0 radical (unpaired) electrons. The predicted octanol–water partition coefficient (Wildman–Crippen LogP) is 3.16. The molecule has 1 unspecified atom stereocenters. The van der Waals surface area contributed by atoms with E-state index < -0.39 is 5.97 Å². The fourth-order valence-electron chi connectivity index (χ4n) is 3.09. The van der Waals surface area contributed by atoms with Crippen LogP contribution >= 0.6 is 0 Å². The quantitative estimate of drug-likeness (QED) is 0.765. The zero-order chi connectivity index (χ0) is 19.3. The molecule has 2 amide bonds. The zero-order valence-electron chi connectivity index (χ0n) is 15.3. The molecule has 1 aromatic carbocycles. The Morgan fingerprint density at radius 2 is 1.81 bits per heavy atom. The van der Waals surface area contributed by atoms with Crippen LogP contribution in [0.25, 0.3) is 0 Å². The predicted molar refractivity (Wildman–Crippen MR) is 99.9 cm³/mol. The van der Waals surface area contributed by atoms with Crippen LogP contribution in [-0.4, -0.2) is 40.9 Å². The third kappa shape index (κ3) is 5.18. The first kappa shape index (κ1) is 19.7. The molecule has 6 nitrogen and oxygen atoms in total. The molecule has 2 rings (SSSR count). The fourth-order valence-corrected chi connectivity index (χ4v) is 3.09. The molecule has 0 aliphatic carbocycles. The highest BCUT2D eigenvalue weighted by atomic mass is 16.4. The van der Waals surface area contributed by atoms with Crippen LogP contribution in [0.1, 0.15) is 43.5 Å². The number of rotatable bonds is 6. The van der Waals surface area contributed by atoms with Crippen LogP contribution in [0.5, 0.6) is 0 Å². The van der Waals surface area contributed by atoms with Gasteiger partial charge < -0.3 is 15.3 Å². The summed E-state index contributed by atoms with van der Waals surface area (Å²) in [4.78, 5) is 37.3. The van der Waals surface area contributed by atoms with Crippen molar-refractivity contribution in [2.24, 2.45) is 11.8 Å². The average Bonchev–Trinajstić information content (AvgIpc) is 2.61. The van der Waals surface area contributed by atoms with E-state index >= 15 is 0 Å². The summed E-state index contributed by atoms with van der Waals surface area (Å²) in [5, 5.41) is 11.9. The van der Waals surface area contributed by atoms with Gasteiger partial charge >= 0.3 is 5.97 Å². The molecule has 1 fully saturated rings. The second-order valence-corrected chi connectivity index (χ2v) is 7.03. The summed E-state index contributed by atoms with van der Waals surface area (Å²) in [5.74, 6) is -1.51. The number of carbonyl (C=O) groups is 3. The van der Waals surface area contributed by atoms with Crippen molar-refractivity contribution in [3.8, 4) is 0 Å². The van der Waals surface area contributed by atoms with E-state index in [1.807, 2.05) is 13.8 Å². The first-order valence-corrected chi connectivity index (χ1v) is 8.85. The lowest BCUT2D eigenvalue weighted by Gasteiger charge is -2.30. The number of carboxylic acid groups (broad SMARTS) is 1. The maximum atomic E-state index is 12.5. The van der Waals surface area contributed by atoms with Gasteiger partial charge in [-0.15, -0.1) is 6.58 Å². The van der Waals surface area contributed by atoms with Crippen LogP contribution in [0, 0.1) is 11.8 Å². The van der Waals surface area contributed by atoms with E-state index in [1.165, 1.54) is 0 Å². The number of hydrogen-bond donors (Lipinski definition) is 2. The van der Waals surface area contributed by atoms with Gasteiger partial charge in [0.05, 0.1) is 5.92 Å². The molecule has 1 aromatic rings. The topological polar surface area (TPSA) is 86.7 Å². The summed E-state index contributed by atoms with van der Waals surface area (Å²) in [6, 6.07) is 6.79. The Labute approximate surface area is 153 Å². The number of piperidine rings is 1. The number of nitrogens with zero attached hydrogens (tertiary/aromatic N) is 1. The van der Waals surface area contributed by atoms with Crippen molar-refractivity contribution in [3.05, 3.63) is 42.0 Å². The first-order valence-electron chi connectivity index (χ1n) is 8.85. The summed E-state index contributed by atoms with van der Waals surface area (Å²) in [5.41, 5.74) is 2.14. The summed E-state index contributed by atoms with van der Waals surface area (Å²) < 4.78 is 0. The Hall–Kier alpha value is -2.63. The van der Waals surface area contributed by atoms with Gasteiger partial charge in [-0.25, -0.2) is 0 Å². The van der Waals surface area contributed by atoms with Crippen molar-refractivity contribution in [2.45, 2.75) is 33.1 Å². The van der Waals surface area contributed by atoms with Crippen molar-refractivity contribution < 1.29 is 19.5 Å². The molecule has 0 bridgehead atoms. The fraction of sp³-hybridized carbons (Fsp3) is 0.450. The molecule has 0 spiro atoms. The molecule has 140 valence electrons. The molecule has 1 saturated heterocycles. The van der Waals surface area contributed by atoms with E-state index in [0.717, 1.165) is 5.57 Å². The van der Waals surface area contributed by atoms with Crippen LogP contribution < -0.4 is 5.32 Å². The van der Waals surface area contributed by atoms with E-state index in [2.05, 4.69) is 11.9 Å². The summed E-state index contributed by atoms with van der Waals surface area (Å²) in [6.07, 6.45) is 1.60. The smallest absolute Gasteiger partial charge is 0.306 e. The summed E-state index contributed by atoms with van der Waals surface area (Å²) in [7, 11) is 0. The highest BCUT2D eigenvalue weighted by Gasteiger charge is 2.27. The number of aliphatic carboxylic acids is 1. The molecule has 1 aliphatic rings. The monoisotopic (exact) mass is 358 g/mol. The van der Waals surface area contributed by atoms with E-state index in [0.29, 0.717) is 43.6 Å². The van der Waals surface area contributed by atoms with Crippen LogP contribution in [-0.2, 0) is 9.59 Å². The molecule has 6 heteroatoms. The van der Waals surface area contributed by atoms with Gasteiger partial charge in [0.1, 0.15) is 0 Å². The van der Waals surface area contributed by atoms with Crippen molar-refractivity contribution >= 4 is 23.5 Å². The number of allylic oxidation sites excluding steroid dienone is 1. The number of carbonyl (C=O) groups excluding carboxylic acids is 2. The van der Waals surface area contributed by atoms with Gasteiger partial charge in [-0.3, -0.25) is 14.4 Å². The summed E-state index contributed by atoms with van der Waals surface area (Å²) >= 11 is 0. The first-order chi connectivity index (χ1) is 12.3. The van der Waals surface area contributed by atoms with Crippen molar-refractivity contribution in [1.82, 2.24) is 4.90 Å². The van der Waals surface area contributed by atoms with E-state index in [9.17, 15) is 14.4 Å². The second kappa shape index (κ2) is 8.65. The minimum Gasteiger partial charge on any atom is -0.481 e. The van der Waals surface area contributed by atoms with Crippen LogP contribution in [0.2, 0.25) is 0 Å². The van der Waals surface area contributed by atoms with Gasteiger partial charge in [-0.1, -0.05) is 12.5 Å². The highest BCUT2D eigenvalue weighted by molar-refractivity contribution is 5.96. The minimum atomic E-state index is -0.793. The van der Waals surface area contributed by atoms with E-state index in [-0.39, 0.29) is 23.7 Å². The minimum absolute atomic E-state index is 0.0807. The Balaban J connectivity index is 1.92. The molecule has 0 saturated carbocycles. The molecular weight excluding hydrogens is 332 g/mol. The van der Waals surface area contributed by atoms with Gasteiger partial charge in [-0.2, -0.15) is 0 Å². The van der Waals surface area contributed by atoms with Crippen molar-refractivity contribution in [2.75, 3.05) is 18.4 Å². The number of carboxylic acids is 1. The van der Waals surface area contributed by atoms with E-state index in [1.54, 1.807) is 29.2 Å². The van der Waals surface area contributed by atoms with Crippen molar-refractivity contribution in [1.29, 1.82) is 0 Å². The molecular formula is C20H26N2O4. The lowest BCUT2D eigenvalue weighted by Crippen LogP contribution is -2.40. The summed E-state index contributed by atoms with van der Waals surface area (Å²) in [6.45, 7) is 8.46. The number of hydrogen-bond acceptors (Lipinski definition) is 3. The standard InChI is InChI=1S/C20H26N2O4/c1-13(2)12-14(3)18(23)21-17-6-4-15(5-7-17)19(24)22-10-8-16(9-11-22)20(25)26/h4-7,14,16H,1,8-12H2,2-3H3,(H,21,23)(H,25,26). The SMILES string of the molecule is C=C(C)CC(C)C(=O)Nc1ccc(C(=O)N2CCC(C(=O)O)CC2)cc1. The Bertz CT molecular complexity index is 688. The third-order valence-corrected chi connectivity index (χ3v) is 4.63. The largest absolute Gasteiger partial charge is 0.481 e. The molecule has 1 atom stereocenters. The van der Waals surface area contributed by atoms with Crippen LogP contribution in [0.3, 0.4) is 0 Å². The Kier molecular flexibility index (Phi) is 6.55. The van der Waals surface area contributed by atoms with Gasteiger partial charge in [0, 0.05) is 30.3 Å². The average molecular weight is 358 g/mol. The normalized spacial score (nSPS) is 16.0. The molecule has 26 heavy (non-hydrogen) atoms. The van der Waals surface area contributed by atoms with Gasteiger partial charge in [0.25, 0.3) is 5.91 Å². The molecule has 1 aliphatic heterocycles. The Morgan fingerprint density at radius 1 is 1.23 bits per heavy atom. The molecule has 0 aromatic heterocycles. The number of amides is 2. The lowest BCUT2D eigenvalue weighted by atomic mass is 9.96. The van der Waals surface area contributed by atoms with E-state index in [4.69, 9.17) is 5.11 Å². The maximum absolute atomic E-state index is 12.5. The third-order valence-electron chi connectivity index (χ3n) is 4.63. The highest BCUT2D eigenvalue weighted by Crippen LogP contribution is 2.20. The van der Waals surface area contributed by atoms with Gasteiger partial charge in [0.2, 0.25) is 5.91 Å². The zero-order valence-corrected chi connectivity index (χ0v) is 15.3. The second-order valence-electron chi connectivity index (χ2n) is 7.03. The Morgan fingerprint density at radius 3 is 2.31 bits per heavy atom. The van der Waals surface area contributed by atoms with Crippen molar-refractivity contribution in [3.63, 3.8) is 0 Å². The van der Waals surface area contributed by atoms with Gasteiger partial charge in [0.15, 0.2) is 0 Å². The molecule has 2 N–H and O–H groups in total. The maximum Gasteiger partial charge on any atom is 0.306 e. The number of benzene rings is 1. The number of nitrogens with one attached hydrogen (secondary N) is 1. The number of anilines is 1. The number of likely N-dealkylation sites (tertiary alicyclic amines) is 1. The van der Waals surface area contributed by atoms with Crippen LogP contribution in [0.4, 0.5) is 5.69 Å². The molecule has 1 heterocycles.